The third-order valence-corrected chi connectivity index (χ3v) is 6.51. The van der Waals surface area contributed by atoms with Gasteiger partial charge < -0.3 is 4.42 Å². The summed E-state index contributed by atoms with van der Waals surface area (Å²) in [5.74, 6) is -0.313. The van der Waals surface area contributed by atoms with Gasteiger partial charge in [0.25, 0.3) is 5.91 Å². The van der Waals surface area contributed by atoms with Crippen LogP contribution in [0.3, 0.4) is 0 Å². The van der Waals surface area contributed by atoms with Crippen LogP contribution < -0.4 is 10.4 Å². The molecule has 0 N–H and O–H groups in total. The van der Waals surface area contributed by atoms with Gasteiger partial charge in [0.1, 0.15) is 11.8 Å². The summed E-state index contributed by atoms with van der Waals surface area (Å²) < 4.78 is 6.51. The van der Waals surface area contributed by atoms with Gasteiger partial charge in [-0.15, -0.1) is 11.3 Å². The monoisotopic (exact) mass is 445 g/mol. The molecule has 152 valence electrons. The molecule has 1 amide bonds. The maximum absolute atomic E-state index is 13.2. The van der Waals surface area contributed by atoms with E-state index in [1.165, 1.54) is 40.2 Å². The van der Waals surface area contributed by atoms with E-state index in [1.807, 2.05) is 30.5 Å². The minimum absolute atomic E-state index is 0.214. The molecular formula is C23H15N3O3S2. The Bertz CT molecular complexity index is 1500. The lowest BCUT2D eigenvalue weighted by Crippen LogP contribution is -2.25. The van der Waals surface area contributed by atoms with Crippen LogP contribution >= 0.6 is 22.7 Å². The molecule has 0 saturated carbocycles. The van der Waals surface area contributed by atoms with Crippen molar-refractivity contribution >= 4 is 61.1 Å². The molecule has 0 aliphatic carbocycles. The highest BCUT2D eigenvalue weighted by atomic mass is 32.1. The molecule has 0 aliphatic heterocycles. The van der Waals surface area contributed by atoms with E-state index in [1.54, 1.807) is 36.4 Å². The van der Waals surface area contributed by atoms with Gasteiger partial charge in [-0.05, 0) is 48.2 Å². The normalized spacial score (nSPS) is 11.5. The molecule has 0 atom stereocenters. The van der Waals surface area contributed by atoms with E-state index < -0.39 is 0 Å². The fourth-order valence-electron chi connectivity index (χ4n) is 3.11. The molecular weight excluding hydrogens is 430 g/mol. The fraction of sp³-hybridized carbons (Fsp3) is 0.0435. The van der Waals surface area contributed by atoms with Gasteiger partial charge in [-0.3, -0.25) is 9.59 Å². The molecule has 31 heavy (non-hydrogen) atoms. The highest BCUT2D eigenvalue weighted by molar-refractivity contribution is 7.22. The van der Waals surface area contributed by atoms with Crippen molar-refractivity contribution in [1.29, 1.82) is 0 Å². The quantitative estimate of drug-likeness (QED) is 0.272. The number of hydrogen-bond donors (Lipinski definition) is 0. The Balaban J connectivity index is 1.59. The number of para-hydroxylation sites is 1. The van der Waals surface area contributed by atoms with E-state index >= 15 is 0 Å². The second-order valence-electron chi connectivity index (χ2n) is 6.82. The molecule has 5 rings (SSSR count). The van der Waals surface area contributed by atoms with Crippen molar-refractivity contribution in [2.75, 3.05) is 5.01 Å². The Labute approximate surface area is 184 Å². The third kappa shape index (κ3) is 3.67. The number of carbonyl (C=O) groups is 1. The van der Waals surface area contributed by atoms with Gasteiger partial charge in [-0.25, -0.2) is 4.98 Å². The standard InChI is InChI=1S/C23H15N3O3S2/c1-14-8-9-17-20(11-14)31-23(25-17)26(22(28)19-7-4-10-30-19)24-12-15-13-29-18-6-3-2-5-16(18)21(15)27/h2-13H,1H3/b24-12+. The summed E-state index contributed by atoms with van der Waals surface area (Å²) in [6, 6.07) is 16.4. The smallest absolute Gasteiger partial charge is 0.290 e. The number of hydrogen-bond acceptors (Lipinski definition) is 7. The van der Waals surface area contributed by atoms with E-state index in [9.17, 15) is 9.59 Å². The summed E-state index contributed by atoms with van der Waals surface area (Å²) in [4.78, 5) is 31.1. The lowest BCUT2D eigenvalue weighted by Gasteiger charge is -2.12. The van der Waals surface area contributed by atoms with Crippen LogP contribution in [0, 0.1) is 6.92 Å². The fourth-order valence-corrected chi connectivity index (χ4v) is 4.77. The molecule has 0 bridgehead atoms. The van der Waals surface area contributed by atoms with Crippen LogP contribution in [-0.4, -0.2) is 17.1 Å². The Morgan fingerprint density at radius 3 is 2.87 bits per heavy atom. The van der Waals surface area contributed by atoms with E-state index in [0.717, 1.165) is 15.8 Å². The maximum Gasteiger partial charge on any atom is 0.290 e. The van der Waals surface area contributed by atoms with E-state index in [2.05, 4.69) is 10.1 Å². The third-order valence-electron chi connectivity index (χ3n) is 4.66. The molecule has 3 heterocycles. The average molecular weight is 446 g/mol. The topological polar surface area (TPSA) is 75.8 Å². The molecule has 3 aromatic heterocycles. The lowest BCUT2D eigenvalue weighted by molar-refractivity contribution is 0.0991. The first kappa shape index (κ1) is 19.3. The van der Waals surface area contributed by atoms with Gasteiger partial charge in [-0.1, -0.05) is 35.6 Å². The number of nitrogens with zero attached hydrogens (tertiary/aromatic N) is 3. The van der Waals surface area contributed by atoms with Crippen molar-refractivity contribution in [2.45, 2.75) is 6.92 Å². The van der Waals surface area contributed by atoms with Crippen molar-refractivity contribution in [3.05, 3.63) is 92.5 Å². The van der Waals surface area contributed by atoms with Crippen molar-refractivity contribution in [3.8, 4) is 0 Å². The zero-order chi connectivity index (χ0) is 21.4. The van der Waals surface area contributed by atoms with Crippen molar-refractivity contribution < 1.29 is 9.21 Å². The minimum Gasteiger partial charge on any atom is -0.463 e. The first-order valence-corrected chi connectivity index (χ1v) is 11.1. The number of hydrazone groups is 1. The summed E-state index contributed by atoms with van der Waals surface area (Å²) in [5, 5.41) is 8.31. The summed E-state index contributed by atoms with van der Waals surface area (Å²) >= 11 is 2.69. The predicted molar refractivity (Wildman–Crippen MR) is 126 cm³/mol. The number of thiophene rings is 1. The molecule has 0 saturated heterocycles. The molecule has 6 nitrogen and oxygen atoms in total. The summed E-state index contributed by atoms with van der Waals surface area (Å²) in [6.07, 6.45) is 2.70. The first-order chi connectivity index (χ1) is 15.1. The Hall–Kier alpha value is -3.62. The van der Waals surface area contributed by atoms with Crippen molar-refractivity contribution in [2.24, 2.45) is 5.10 Å². The molecule has 8 heteroatoms. The minimum atomic E-state index is -0.313. The molecule has 0 aliphatic rings. The molecule has 0 unspecified atom stereocenters. The number of thiazole rings is 1. The van der Waals surface area contributed by atoms with Gasteiger partial charge in [0.2, 0.25) is 10.6 Å². The van der Waals surface area contributed by atoms with Gasteiger partial charge in [-0.2, -0.15) is 10.1 Å². The highest BCUT2D eigenvalue weighted by Gasteiger charge is 2.22. The number of anilines is 1. The SMILES string of the molecule is Cc1ccc2nc(N(/N=C/c3coc4ccccc4c3=O)C(=O)c3cccs3)sc2c1. The van der Waals surface area contributed by atoms with Gasteiger partial charge in [0.15, 0.2) is 0 Å². The summed E-state index contributed by atoms with van der Waals surface area (Å²) in [5.41, 5.74) is 2.43. The Morgan fingerprint density at radius 2 is 2.03 bits per heavy atom. The van der Waals surface area contributed by atoms with E-state index in [4.69, 9.17) is 4.42 Å². The average Bonchev–Trinajstić information content (AvgIpc) is 3.45. The van der Waals surface area contributed by atoms with E-state index in [-0.39, 0.29) is 16.9 Å². The van der Waals surface area contributed by atoms with Crippen LogP contribution in [-0.2, 0) is 0 Å². The van der Waals surface area contributed by atoms with Crippen LogP contribution in [0.15, 0.2) is 80.6 Å². The molecule has 2 aromatic carbocycles. The lowest BCUT2D eigenvalue weighted by atomic mass is 10.2. The first-order valence-electron chi connectivity index (χ1n) is 9.40. The van der Waals surface area contributed by atoms with Crippen molar-refractivity contribution in [1.82, 2.24) is 4.98 Å². The molecule has 5 aromatic rings. The van der Waals surface area contributed by atoms with Gasteiger partial charge in [0, 0.05) is 0 Å². The maximum atomic E-state index is 13.2. The molecule has 0 radical (unpaired) electrons. The molecule has 0 spiro atoms. The summed E-state index contributed by atoms with van der Waals surface area (Å²) in [7, 11) is 0. The van der Waals surface area contributed by atoms with Crippen LogP contribution in [0.4, 0.5) is 5.13 Å². The van der Waals surface area contributed by atoms with Crippen LogP contribution in [0.2, 0.25) is 0 Å². The van der Waals surface area contributed by atoms with Gasteiger partial charge >= 0.3 is 0 Å². The Morgan fingerprint density at radius 1 is 1.16 bits per heavy atom. The number of aryl methyl sites for hydroxylation is 1. The largest absolute Gasteiger partial charge is 0.463 e. The van der Waals surface area contributed by atoms with Crippen molar-refractivity contribution in [3.63, 3.8) is 0 Å². The zero-order valence-electron chi connectivity index (χ0n) is 16.3. The Kier molecular flexibility index (Phi) is 4.93. The number of aromatic nitrogens is 1. The van der Waals surface area contributed by atoms with Crippen LogP contribution in [0.5, 0.6) is 0 Å². The number of amides is 1. The second-order valence-corrected chi connectivity index (χ2v) is 8.78. The number of carbonyl (C=O) groups excluding carboxylic acids is 1. The number of benzene rings is 2. The highest BCUT2D eigenvalue weighted by Crippen LogP contribution is 2.31. The number of fused-ring (bicyclic) bond motifs is 2. The molecule has 0 fully saturated rings. The van der Waals surface area contributed by atoms with E-state index in [0.29, 0.717) is 21.0 Å². The van der Waals surface area contributed by atoms with Crippen LogP contribution in [0.25, 0.3) is 21.2 Å². The number of rotatable bonds is 4. The predicted octanol–water partition coefficient (Wildman–Crippen LogP) is 5.45. The van der Waals surface area contributed by atoms with Gasteiger partial charge in [0.05, 0.1) is 32.3 Å². The summed E-state index contributed by atoms with van der Waals surface area (Å²) in [6.45, 7) is 2.00. The second kappa shape index (κ2) is 7.90. The van der Waals surface area contributed by atoms with Crippen LogP contribution in [0.1, 0.15) is 20.8 Å². The zero-order valence-corrected chi connectivity index (χ0v) is 17.9.